The molecule has 0 bridgehead atoms. The van der Waals surface area contributed by atoms with Crippen LogP contribution in [0.15, 0.2) is 84.0 Å². The third-order valence-corrected chi connectivity index (χ3v) is 6.46. The van der Waals surface area contributed by atoms with Crippen molar-refractivity contribution in [1.82, 2.24) is 20.2 Å². The average molecular weight is 503 g/mol. The molecular weight excluding hydrogens is 483 g/mol. The quantitative estimate of drug-likeness (QED) is 0.314. The number of rotatable bonds is 5. The number of hydrogen-bond donors (Lipinski definition) is 3. The van der Waals surface area contributed by atoms with Crippen molar-refractivity contribution >= 4 is 38.4 Å². The van der Waals surface area contributed by atoms with Crippen molar-refractivity contribution in [3.63, 3.8) is 0 Å². The van der Waals surface area contributed by atoms with Crippen molar-refractivity contribution in [2.24, 2.45) is 0 Å². The van der Waals surface area contributed by atoms with Gasteiger partial charge in [0.25, 0.3) is 0 Å². The predicted octanol–water partition coefficient (Wildman–Crippen LogP) is 4.87. The summed E-state index contributed by atoms with van der Waals surface area (Å²) in [6, 6.07) is 16.9. The number of aromatic nitrogens is 4. The smallest absolute Gasteiger partial charge is 0.308 e. The first-order valence-electron chi connectivity index (χ1n) is 10.7. The zero-order valence-corrected chi connectivity index (χ0v) is 19.7. The number of carbonyl (C=O) groups excluding carboxylic acids is 1. The number of halogens is 1. The third-order valence-electron chi connectivity index (χ3n) is 5.35. The molecule has 0 saturated heterocycles. The maximum absolute atomic E-state index is 14.5. The van der Waals surface area contributed by atoms with Crippen molar-refractivity contribution in [2.75, 3.05) is 16.9 Å². The fourth-order valence-electron chi connectivity index (χ4n) is 3.70. The summed E-state index contributed by atoms with van der Waals surface area (Å²) in [4.78, 5) is 20.9. The second-order valence-electron chi connectivity index (χ2n) is 8.02. The number of benzene rings is 2. The van der Waals surface area contributed by atoms with Crippen LogP contribution in [0.4, 0.5) is 20.7 Å². The van der Waals surface area contributed by atoms with E-state index in [1.54, 1.807) is 54.7 Å². The van der Waals surface area contributed by atoms with Gasteiger partial charge in [-0.05, 0) is 54.1 Å². The number of aromatic amines is 1. The molecule has 0 atom stereocenters. The molecule has 3 heterocycles. The number of nitrogens with one attached hydrogen (secondary N) is 3. The van der Waals surface area contributed by atoms with Gasteiger partial charge in [0, 0.05) is 40.8 Å². The maximum atomic E-state index is 14.5. The van der Waals surface area contributed by atoms with Crippen molar-refractivity contribution in [3.8, 4) is 22.4 Å². The number of nitrogens with zero attached hydrogens (tertiary/aromatic N) is 3. The first-order chi connectivity index (χ1) is 17.3. The number of hydrogen-bond acceptors (Lipinski definition) is 6. The summed E-state index contributed by atoms with van der Waals surface area (Å²) in [7, 11) is -3.38. The van der Waals surface area contributed by atoms with Gasteiger partial charge >= 0.3 is 6.03 Å². The highest BCUT2D eigenvalue weighted by atomic mass is 32.2. The van der Waals surface area contributed by atoms with Gasteiger partial charge < -0.3 is 5.32 Å². The Hall–Kier alpha value is -4.64. The summed E-state index contributed by atoms with van der Waals surface area (Å²) < 4.78 is 38.4. The molecule has 0 unspecified atom stereocenters. The molecule has 3 aromatic heterocycles. The third kappa shape index (κ3) is 4.91. The topological polar surface area (TPSA) is 130 Å². The van der Waals surface area contributed by atoms with Crippen LogP contribution in [0.1, 0.15) is 0 Å². The summed E-state index contributed by atoms with van der Waals surface area (Å²) in [5.41, 5.74) is 2.86. The molecule has 9 nitrogen and oxygen atoms in total. The summed E-state index contributed by atoms with van der Waals surface area (Å²) in [6.07, 6.45) is 4.29. The first kappa shape index (κ1) is 23.1. The zero-order valence-electron chi connectivity index (χ0n) is 18.9. The monoisotopic (exact) mass is 502 g/mol. The van der Waals surface area contributed by atoms with E-state index in [4.69, 9.17) is 0 Å². The molecule has 0 radical (unpaired) electrons. The van der Waals surface area contributed by atoms with Crippen LogP contribution < -0.4 is 10.6 Å². The highest BCUT2D eigenvalue weighted by molar-refractivity contribution is 7.90. The predicted molar refractivity (Wildman–Crippen MR) is 135 cm³/mol. The second-order valence-corrected chi connectivity index (χ2v) is 10.0. The average Bonchev–Trinajstić information content (AvgIpc) is 3.27. The van der Waals surface area contributed by atoms with Crippen LogP contribution in [0.5, 0.6) is 0 Å². The fraction of sp³-hybridized carbons (Fsp3) is 0.0400. The Labute approximate surface area is 205 Å². The molecule has 5 rings (SSSR count). The van der Waals surface area contributed by atoms with E-state index in [0.29, 0.717) is 39.2 Å². The molecule has 0 aliphatic heterocycles. The fourth-order valence-corrected chi connectivity index (χ4v) is 4.37. The summed E-state index contributed by atoms with van der Waals surface area (Å²) in [6.45, 7) is 0. The molecule has 0 fully saturated rings. The lowest BCUT2D eigenvalue weighted by molar-refractivity contribution is 0.262. The molecule has 2 aromatic carbocycles. The van der Waals surface area contributed by atoms with Crippen LogP contribution in [-0.2, 0) is 9.84 Å². The Bertz CT molecular complexity index is 1700. The number of carbonyl (C=O) groups is 1. The van der Waals surface area contributed by atoms with E-state index in [-0.39, 0.29) is 10.6 Å². The molecule has 2 amide bonds. The standard InChI is InChI=1S/C25H19FN6O3S/c1-36(34,35)20-6-4-5-15(11-20)17-12-21-23(31-32-24(21)28-14-17)16-9-18(26)13-19(10-16)29-25(33)30-22-7-2-3-8-27-22/h2-14H,1H3,(H,28,31,32)(H2,27,29,30,33). The number of sulfone groups is 1. The van der Waals surface area contributed by atoms with E-state index in [0.717, 1.165) is 6.26 Å². The Kier molecular flexibility index (Phi) is 5.90. The molecule has 0 saturated carbocycles. The van der Waals surface area contributed by atoms with E-state index >= 15 is 0 Å². The van der Waals surface area contributed by atoms with Crippen molar-refractivity contribution < 1.29 is 17.6 Å². The molecule has 11 heteroatoms. The Morgan fingerprint density at radius 2 is 1.78 bits per heavy atom. The lowest BCUT2D eigenvalue weighted by Crippen LogP contribution is -2.20. The largest absolute Gasteiger partial charge is 0.324 e. The van der Waals surface area contributed by atoms with Gasteiger partial charge in [-0.2, -0.15) is 5.10 Å². The van der Waals surface area contributed by atoms with Gasteiger partial charge in [0.05, 0.1) is 4.90 Å². The SMILES string of the molecule is CS(=O)(=O)c1cccc(-c2cnc3[nH]nc(-c4cc(F)cc(NC(=O)Nc5ccccn5)c4)c3c2)c1. The van der Waals surface area contributed by atoms with Gasteiger partial charge in [-0.25, -0.2) is 27.6 Å². The minimum absolute atomic E-state index is 0.192. The van der Waals surface area contributed by atoms with E-state index < -0.39 is 21.7 Å². The van der Waals surface area contributed by atoms with Gasteiger partial charge in [-0.3, -0.25) is 10.4 Å². The van der Waals surface area contributed by atoms with Gasteiger partial charge in [0.15, 0.2) is 15.5 Å². The molecule has 36 heavy (non-hydrogen) atoms. The highest BCUT2D eigenvalue weighted by Gasteiger charge is 2.15. The minimum Gasteiger partial charge on any atom is -0.308 e. The van der Waals surface area contributed by atoms with Gasteiger partial charge in [0.1, 0.15) is 17.3 Å². The molecule has 0 spiro atoms. The first-order valence-corrected chi connectivity index (χ1v) is 12.6. The van der Waals surface area contributed by atoms with E-state index in [9.17, 15) is 17.6 Å². The summed E-state index contributed by atoms with van der Waals surface area (Å²) >= 11 is 0. The lowest BCUT2D eigenvalue weighted by atomic mass is 10.0. The normalized spacial score (nSPS) is 11.4. The highest BCUT2D eigenvalue weighted by Crippen LogP contribution is 2.31. The molecule has 0 aliphatic carbocycles. The number of amides is 2. The Morgan fingerprint density at radius 3 is 2.56 bits per heavy atom. The molecule has 0 aliphatic rings. The number of H-pyrrole nitrogens is 1. The van der Waals surface area contributed by atoms with Crippen LogP contribution in [0.3, 0.4) is 0 Å². The van der Waals surface area contributed by atoms with Crippen LogP contribution >= 0.6 is 0 Å². The molecule has 180 valence electrons. The minimum atomic E-state index is -3.38. The van der Waals surface area contributed by atoms with E-state index in [1.165, 1.54) is 24.4 Å². The van der Waals surface area contributed by atoms with Crippen LogP contribution in [-0.4, -0.2) is 40.9 Å². The number of fused-ring (bicyclic) bond motifs is 1. The zero-order chi connectivity index (χ0) is 25.3. The number of pyridine rings is 2. The van der Waals surface area contributed by atoms with Crippen molar-refractivity contribution in [1.29, 1.82) is 0 Å². The second kappa shape index (κ2) is 9.19. The van der Waals surface area contributed by atoms with Gasteiger partial charge in [-0.1, -0.05) is 18.2 Å². The van der Waals surface area contributed by atoms with Crippen molar-refractivity contribution in [3.05, 3.63) is 84.9 Å². The van der Waals surface area contributed by atoms with Crippen molar-refractivity contribution in [2.45, 2.75) is 4.90 Å². The maximum Gasteiger partial charge on any atom is 0.324 e. The molecular formula is C25H19FN6O3S. The Balaban J connectivity index is 1.49. The summed E-state index contributed by atoms with van der Waals surface area (Å²) in [5.74, 6) is -0.217. The molecule has 5 aromatic rings. The number of anilines is 2. The van der Waals surface area contributed by atoms with E-state index in [1.807, 2.05) is 0 Å². The van der Waals surface area contributed by atoms with Gasteiger partial charge in [-0.15, -0.1) is 0 Å². The molecule has 3 N–H and O–H groups in total. The van der Waals surface area contributed by atoms with Crippen LogP contribution in [0.2, 0.25) is 0 Å². The summed E-state index contributed by atoms with van der Waals surface area (Å²) in [5, 5.41) is 12.9. The Morgan fingerprint density at radius 1 is 0.917 bits per heavy atom. The van der Waals surface area contributed by atoms with E-state index in [2.05, 4.69) is 30.8 Å². The van der Waals surface area contributed by atoms with Crippen LogP contribution in [0, 0.1) is 5.82 Å². The van der Waals surface area contributed by atoms with Crippen LogP contribution in [0.25, 0.3) is 33.4 Å². The lowest BCUT2D eigenvalue weighted by Gasteiger charge is -2.09. The van der Waals surface area contributed by atoms with Gasteiger partial charge in [0.2, 0.25) is 0 Å². The number of urea groups is 1.